The Morgan fingerprint density at radius 3 is 2.50 bits per heavy atom. The van der Waals surface area contributed by atoms with Gasteiger partial charge in [0.15, 0.2) is 0 Å². The fraction of sp³-hybridized carbons (Fsp3) is 0.438. The van der Waals surface area contributed by atoms with Crippen LogP contribution < -0.4 is 10.1 Å². The van der Waals surface area contributed by atoms with Gasteiger partial charge in [0.2, 0.25) is 0 Å². The molecular formula is C16H23N3O. The number of rotatable bonds is 6. The van der Waals surface area contributed by atoms with Crippen molar-refractivity contribution in [1.29, 1.82) is 0 Å². The number of hydrogen-bond acceptors (Lipinski definition) is 3. The average molecular weight is 273 g/mol. The van der Waals surface area contributed by atoms with Crippen LogP contribution in [0.3, 0.4) is 0 Å². The molecule has 1 unspecified atom stereocenters. The molecule has 1 N–H and O–H groups in total. The lowest BCUT2D eigenvalue weighted by Crippen LogP contribution is -2.25. The number of ether oxygens (including phenoxy) is 1. The van der Waals surface area contributed by atoms with Gasteiger partial charge in [-0.15, -0.1) is 0 Å². The third-order valence-electron chi connectivity index (χ3n) is 3.38. The molecule has 0 saturated carbocycles. The highest BCUT2D eigenvalue weighted by Crippen LogP contribution is 2.24. The van der Waals surface area contributed by atoms with E-state index in [4.69, 9.17) is 4.74 Å². The van der Waals surface area contributed by atoms with Crippen molar-refractivity contribution in [2.45, 2.75) is 26.3 Å². The summed E-state index contributed by atoms with van der Waals surface area (Å²) in [4.78, 5) is 0. The first-order valence-electron chi connectivity index (χ1n) is 7.03. The van der Waals surface area contributed by atoms with Crippen molar-refractivity contribution in [2.24, 2.45) is 7.05 Å². The molecule has 20 heavy (non-hydrogen) atoms. The Labute approximate surface area is 120 Å². The zero-order valence-corrected chi connectivity index (χ0v) is 12.7. The molecule has 4 nitrogen and oxygen atoms in total. The molecule has 0 fully saturated rings. The topological polar surface area (TPSA) is 39.1 Å². The molecule has 1 aromatic carbocycles. The number of nitrogens with zero attached hydrogens (tertiary/aromatic N) is 2. The van der Waals surface area contributed by atoms with Crippen LogP contribution in [0.1, 0.15) is 36.3 Å². The first-order chi connectivity index (χ1) is 9.65. The van der Waals surface area contributed by atoms with E-state index in [0.717, 1.165) is 24.4 Å². The van der Waals surface area contributed by atoms with E-state index < -0.39 is 0 Å². The monoisotopic (exact) mass is 273 g/mol. The highest BCUT2D eigenvalue weighted by atomic mass is 16.5. The summed E-state index contributed by atoms with van der Waals surface area (Å²) in [6, 6.07) is 10.5. The van der Waals surface area contributed by atoms with Crippen LogP contribution in [0.4, 0.5) is 0 Å². The van der Waals surface area contributed by atoms with Crippen LogP contribution in [-0.2, 0) is 7.05 Å². The van der Waals surface area contributed by atoms with E-state index >= 15 is 0 Å². The van der Waals surface area contributed by atoms with E-state index in [0.29, 0.717) is 0 Å². The van der Waals surface area contributed by atoms with Crippen LogP contribution in [0.5, 0.6) is 5.75 Å². The smallest absolute Gasteiger partial charge is 0.118 e. The predicted octanol–water partition coefficient (Wildman–Crippen LogP) is 2.83. The summed E-state index contributed by atoms with van der Waals surface area (Å²) in [7, 11) is 3.68. The lowest BCUT2D eigenvalue weighted by atomic mass is 10.0. The standard InChI is InChI=1S/C16H23N3O/c1-5-10-17-16(15-11-12(2)18-19(15)3)13-6-8-14(20-4)9-7-13/h6-9,11,16-17H,5,10H2,1-4H3. The summed E-state index contributed by atoms with van der Waals surface area (Å²) in [5.74, 6) is 0.879. The quantitative estimate of drug-likeness (QED) is 0.879. The van der Waals surface area contributed by atoms with Gasteiger partial charge in [-0.25, -0.2) is 0 Å². The van der Waals surface area contributed by atoms with Gasteiger partial charge in [0.05, 0.1) is 24.5 Å². The van der Waals surface area contributed by atoms with Gasteiger partial charge in [-0.2, -0.15) is 5.10 Å². The van der Waals surface area contributed by atoms with Crippen LogP contribution in [0.15, 0.2) is 30.3 Å². The third-order valence-corrected chi connectivity index (χ3v) is 3.38. The minimum absolute atomic E-state index is 0.159. The SMILES string of the molecule is CCCNC(c1ccc(OC)cc1)c1cc(C)nn1C. The van der Waals surface area contributed by atoms with Crippen molar-refractivity contribution >= 4 is 0 Å². The number of aromatic nitrogens is 2. The first kappa shape index (κ1) is 14.6. The Bertz CT molecular complexity index is 545. The molecule has 4 heteroatoms. The van der Waals surface area contributed by atoms with Crippen molar-refractivity contribution in [3.63, 3.8) is 0 Å². The largest absolute Gasteiger partial charge is 0.497 e. The Morgan fingerprint density at radius 2 is 2.00 bits per heavy atom. The Hall–Kier alpha value is -1.81. The van der Waals surface area contributed by atoms with Gasteiger partial charge >= 0.3 is 0 Å². The van der Waals surface area contributed by atoms with Gasteiger partial charge in [0.25, 0.3) is 0 Å². The van der Waals surface area contributed by atoms with Crippen molar-refractivity contribution < 1.29 is 4.74 Å². The molecule has 0 saturated heterocycles. The molecule has 0 amide bonds. The van der Waals surface area contributed by atoms with E-state index in [1.54, 1.807) is 7.11 Å². The number of methoxy groups -OCH3 is 1. The zero-order valence-electron chi connectivity index (χ0n) is 12.7. The summed E-state index contributed by atoms with van der Waals surface area (Å²) in [6.07, 6.45) is 1.10. The normalized spacial score (nSPS) is 12.4. The molecule has 0 aliphatic heterocycles. The number of hydrogen-bond donors (Lipinski definition) is 1. The second kappa shape index (κ2) is 6.57. The van der Waals surface area contributed by atoms with Crippen LogP contribution >= 0.6 is 0 Å². The van der Waals surface area contributed by atoms with Crippen LogP contribution in [0, 0.1) is 6.92 Å². The fourth-order valence-corrected chi connectivity index (χ4v) is 2.38. The van der Waals surface area contributed by atoms with Gasteiger partial charge in [0.1, 0.15) is 5.75 Å². The Balaban J connectivity index is 2.33. The van der Waals surface area contributed by atoms with E-state index in [-0.39, 0.29) is 6.04 Å². The number of benzene rings is 1. The van der Waals surface area contributed by atoms with Crippen molar-refractivity contribution in [1.82, 2.24) is 15.1 Å². The number of nitrogens with one attached hydrogen (secondary N) is 1. The van der Waals surface area contributed by atoms with E-state index in [1.807, 2.05) is 30.8 Å². The highest BCUT2D eigenvalue weighted by molar-refractivity contribution is 5.33. The molecule has 0 bridgehead atoms. The molecule has 0 spiro atoms. The van der Waals surface area contributed by atoms with E-state index in [9.17, 15) is 0 Å². The minimum atomic E-state index is 0.159. The fourth-order valence-electron chi connectivity index (χ4n) is 2.38. The predicted molar refractivity (Wildman–Crippen MR) is 81.1 cm³/mol. The summed E-state index contributed by atoms with van der Waals surface area (Å²) in [5, 5.41) is 8.04. The molecular weight excluding hydrogens is 250 g/mol. The third kappa shape index (κ3) is 3.20. The van der Waals surface area contributed by atoms with Gasteiger partial charge in [-0.05, 0) is 43.7 Å². The molecule has 1 heterocycles. The van der Waals surface area contributed by atoms with E-state index in [1.165, 1.54) is 11.3 Å². The molecule has 108 valence electrons. The van der Waals surface area contributed by atoms with Crippen LogP contribution in [0.2, 0.25) is 0 Å². The molecule has 2 rings (SSSR count). The lowest BCUT2D eigenvalue weighted by molar-refractivity contribution is 0.414. The van der Waals surface area contributed by atoms with Gasteiger partial charge in [-0.1, -0.05) is 19.1 Å². The molecule has 1 aromatic heterocycles. The summed E-state index contributed by atoms with van der Waals surface area (Å²) >= 11 is 0. The van der Waals surface area contributed by atoms with Crippen LogP contribution in [0.25, 0.3) is 0 Å². The molecule has 2 aromatic rings. The number of aryl methyl sites for hydroxylation is 2. The van der Waals surface area contributed by atoms with Gasteiger partial charge in [0, 0.05) is 7.05 Å². The van der Waals surface area contributed by atoms with Gasteiger partial charge in [-0.3, -0.25) is 4.68 Å². The summed E-state index contributed by atoms with van der Waals surface area (Å²) in [6.45, 7) is 5.17. The molecule has 0 aliphatic rings. The van der Waals surface area contributed by atoms with Crippen LogP contribution in [-0.4, -0.2) is 23.4 Å². The van der Waals surface area contributed by atoms with Gasteiger partial charge < -0.3 is 10.1 Å². The maximum Gasteiger partial charge on any atom is 0.118 e. The summed E-state index contributed by atoms with van der Waals surface area (Å²) < 4.78 is 7.18. The Morgan fingerprint density at radius 1 is 1.30 bits per heavy atom. The highest BCUT2D eigenvalue weighted by Gasteiger charge is 2.17. The first-order valence-corrected chi connectivity index (χ1v) is 7.03. The average Bonchev–Trinajstić information content (AvgIpc) is 2.79. The second-order valence-electron chi connectivity index (χ2n) is 4.99. The minimum Gasteiger partial charge on any atom is -0.497 e. The van der Waals surface area contributed by atoms with E-state index in [2.05, 4.69) is 35.5 Å². The van der Waals surface area contributed by atoms with Crippen molar-refractivity contribution in [3.05, 3.63) is 47.3 Å². The second-order valence-corrected chi connectivity index (χ2v) is 4.99. The molecule has 0 aliphatic carbocycles. The Kier molecular flexibility index (Phi) is 4.79. The summed E-state index contributed by atoms with van der Waals surface area (Å²) in [5.41, 5.74) is 3.45. The maximum absolute atomic E-state index is 5.23. The maximum atomic E-state index is 5.23. The lowest BCUT2D eigenvalue weighted by Gasteiger charge is -2.19. The van der Waals surface area contributed by atoms with Crippen molar-refractivity contribution in [3.8, 4) is 5.75 Å². The van der Waals surface area contributed by atoms with Crippen molar-refractivity contribution in [2.75, 3.05) is 13.7 Å². The molecule has 0 radical (unpaired) electrons. The molecule has 1 atom stereocenters. The zero-order chi connectivity index (χ0) is 14.5.